The molecule has 2 atom stereocenters. The maximum atomic E-state index is 11.6. The van der Waals surface area contributed by atoms with Gasteiger partial charge in [-0.25, -0.2) is 19.3 Å². The van der Waals surface area contributed by atoms with E-state index in [0.717, 1.165) is 18.9 Å². The summed E-state index contributed by atoms with van der Waals surface area (Å²) in [5.74, 6) is 2.60. The third kappa shape index (κ3) is 2.78. The van der Waals surface area contributed by atoms with Crippen molar-refractivity contribution in [3.63, 3.8) is 0 Å². The first-order valence-electron chi connectivity index (χ1n) is 7.57. The number of aromatic amines is 1. The van der Waals surface area contributed by atoms with Crippen molar-refractivity contribution in [1.29, 1.82) is 0 Å². The van der Waals surface area contributed by atoms with Gasteiger partial charge in [-0.1, -0.05) is 12.8 Å². The lowest BCUT2D eigenvalue weighted by Gasteiger charge is -2.30. The largest absolute Gasteiger partial charge is 0.370 e. The zero-order chi connectivity index (χ0) is 14.8. The first-order chi connectivity index (χ1) is 10.2. The summed E-state index contributed by atoms with van der Waals surface area (Å²) >= 11 is 0. The van der Waals surface area contributed by atoms with Crippen molar-refractivity contribution in [2.75, 3.05) is 18.4 Å². The SMILES string of the molecule is Cc1nc(NCC2CCCCC2CN)cc2n[nH]c(=O)n12. The number of aryl methyl sites for hydroxylation is 1. The standard InChI is InChI=1S/C14H22N6O/c1-9-17-12(6-13-18-19-14(21)20(9)13)16-8-11-5-3-2-4-10(11)7-15/h6,10-11,16H,2-5,7-8,15H2,1H3,(H,19,21). The molecule has 2 heterocycles. The summed E-state index contributed by atoms with van der Waals surface area (Å²) in [4.78, 5) is 16.0. The lowest BCUT2D eigenvalue weighted by Crippen LogP contribution is -2.31. The molecule has 0 amide bonds. The van der Waals surface area contributed by atoms with Gasteiger partial charge in [0, 0.05) is 12.6 Å². The minimum Gasteiger partial charge on any atom is -0.370 e. The zero-order valence-electron chi connectivity index (χ0n) is 12.3. The number of hydrogen-bond donors (Lipinski definition) is 3. The fourth-order valence-electron chi connectivity index (χ4n) is 3.29. The number of H-pyrrole nitrogens is 1. The van der Waals surface area contributed by atoms with Crippen LogP contribution in [-0.2, 0) is 0 Å². The van der Waals surface area contributed by atoms with Crippen LogP contribution in [0, 0.1) is 18.8 Å². The van der Waals surface area contributed by atoms with Gasteiger partial charge in [-0.3, -0.25) is 0 Å². The molecule has 4 N–H and O–H groups in total. The van der Waals surface area contributed by atoms with E-state index in [1.54, 1.807) is 13.0 Å². The van der Waals surface area contributed by atoms with Crippen LogP contribution in [0.1, 0.15) is 31.5 Å². The number of nitrogens with two attached hydrogens (primary N) is 1. The molecule has 0 aliphatic heterocycles. The third-order valence-corrected chi connectivity index (χ3v) is 4.48. The van der Waals surface area contributed by atoms with Crippen LogP contribution in [-0.4, -0.2) is 32.7 Å². The molecule has 0 saturated heterocycles. The molecule has 0 radical (unpaired) electrons. The van der Waals surface area contributed by atoms with Crippen molar-refractivity contribution < 1.29 is 0 Å². The Balaban J connectivity index is 1.74. The average molecular weight is 290 g/mol. The van der Waals surface area contributed by atoms with E-state index in [-0.39, 0.29) is 5.69 Å². The third-order valence-electron chi connectivity index (χ3n) is 4.48. The van der Waals surface area contributed by atoms with Gasteiger partial charge in [0.05, 0.1) is 0 Å². The fraction of sp³-hybridized carbons (Fsp3) is 0.643. The molecule has 2 aromatic rings. The van der Waals surface area contributed by atoms with Gasteiger partial charge in [0.15, 0.2) is 5.65 Å². The number of hydrogen-bond acceptors (Lipinski definition) is 5. The molecule has 7 heteroatoms. The van der Waals surface area contributed by atoms with Crippen molar-refractivity contribution in [1.82, 2.24) is 19.6 Å². The maximum Gasteiger partial charge on any atom is 0.349 e. The van der Waals surface area contributed by atoms with Crippen molar-refractivity contribution in [3.8, 4) is 0 Å². The van der Waals surface area contributed by atoms with Crippen molar-refractivity contribution in [2.24, 2.45) is 17.6 Å². The number of nitrogens with one attached hydrogen (secondary N) is 2. The Labute approximate surface area is 123 Å². The quantitative estimate of drug-likeness (QED) is 0.776. The number of nitrogens with zero attached hydrogens (tertiary/aromatic N) is 3. The normalized spacial score (nSPS) is 22.6. The van der Waals surface area contributed by atoms with Crippen LogP contribution >= 0.6 is 0 Å². The molecule has 0 aromatic carbocycles. The maximum absolute atomic E-state index is 11.6. The van der Waals surface area contributed by atoms with Gasteiger partial charge in [-0.2, -0.15) is 5.10 Å². The van der Waals surface area contributed by atoms with Crippen molar-refractivity contribution >= 4 is 11.5 Å². The number of anilines is 1. The molecule has 21 heavy (non-hydrogen) atoms. The van der Waals surface area contributed by atoms with Gasteiger partial charge in [-0.15, -0.1) is 0 Å². The van der Waals surface area contributed by atoms with Crippen LogP contribution < -0.4 is 16.7 Å². The lowest BCUT2D eigenvalue weighted by atomic mass is 9.79. The van der Waals surface area contributed by atoms with Crippen LogP contribution in [0.25, 0.3) is 5.65 Å². The Hall–Kier alpha value is -1.89. The van der Waals surface area contributed by atoms with E-state index in [0.29, 0.717) is 23.3 Å². The van der Waals surface area contributed by atoms with Crippen molar-refractivity contribution in [3.05, 3.63) is 22.4 Å². The number of rotatable bonds is 4. The first-order valence-corrected chi connectivity index (χ1v) is 7.57. The summed E-state index contributed by atoms with van der Waals surface area (Å²) < 4.78 is 1.47. The molecule has 0 bridgehead atoms. The molecule has 7 nitrogen and oxygen atoms in total. The van der Waals surface area contributed by atoms with Gasteiger partial charge in [0.2, 0.25) is 0 Å². The minimum atomic E-state index is -0.253. The molecule has 1 fully saturated rings. The molecule has 1 aliphatic carbocycles. The fourth-order valence-corrected chi connectivity index (χ4v) is 3.29. The second kappa shape index (κ2) is 5.85. The highest BCUT2D eigenvalue weighted by atomic mass is 16.1. The van der Waals surface area contributed by atoms with E-state index in [4.69, 9.17) is 5.73 Å². The Bertz CT molecular complexity index is 676. The lowest BCUT2D eigenvalue weighted by molar-refractivity contribution is 0.255. The first kappa shape index (κ1) is 14.1. The van der Waals surface area contributed by atoms with Gasteiger partial charge in [-0.05, 0) is 38.1 Å². The van der Waals surface area contributed by atoms with E-state index < -0.39 is 0 Å². The van der Waals surface area contributed by atoms with Crippen LogP contribution in [0.4, 0.5) is 5.82 Å². The molecule has 0 spiro atoms. The molecule has 114 valence electrons. The summed E-state index contributed by atoms with van der Waals surface area (Å²) in [6.07, 6.45) is 5.02. The Morgan fingerprint density at radius 3 is 2.95 bits per heavy atom. The van der Waals surface area contributed by atoms with E-state index in [1.807, 2.05) is 0 Å². The number of aromatic nitrogens is 4. The van der Waals surface area contributed by atoms with Crippen molar-refractivity contribution in [2.45, 2.75) is 32.6 Å². The van der Waals surface area contributed by atoms with Crippen LogP contribution in [0.15, 0.2) is 10.9 Å². The highest BCUT2D eigenvalue weighted by Gasteiger charge is 2.23. The van der Waals surface area contributed by atoms with Crippen LogP contribution in [0.2, 0.25) is 0 Å². The number of fused-ring (bicyclic) bond motifs is 1. The molecule has 2 unspecified atom stereocenters. The van der Waals surface area contributed by atoms with Crippen LogP contribution in [0.3, 0.4) is 0 Å². The second-order valence-corrected chi connectivity index (χ2v) is 5.83. The van der Waals surface area contributed by atoms with E-state index >= 15 is 0 Å². The van der Waals surface area contributed by atoms with E-state index in [1.165, 1.54) is 30.1 Å². The van der Waals surface area contributed by atoms with Gasteiger partial charge < -0.3 is 11.1 Å². The van der Waals surface area contributed by atoms with E-state index in [2.05, 4.69) is 20.5 Å². The summed E-state index contributed by atoms with van der Waals surface area (Å²) in [6.45, 7) is 3.43. The van der Waals surface area contributed by atoms with Crippen LogP contribution in [0.5, 0.6) is 0 Å². The van der Waals surface area contributed by atoms with Gasteiger partial charge in [0.25, 0.3) is 0 Å². The Morgan fingerprint density at radius 1 is 1.43 bits per heavy atom. The van der Waals surface area contributed by atoms with Gasteiger partial charge in [0.1, 0.15) is 11.6 Å². The van der Waals surface area contributed by atoms with Gasteiger partial charge >= 0.3 is 5.69 Å². The average Bonchev–Trinajstić information content (AvgIpc) is 2.87. The molecular formula is C14H22N6O. The second-order valence-electron chi connectivity index (χ2n) is 5.83. The molecule has 1 aliphatic rings. The summed E-state index contributed by atoms with van der Waals surface area (Å²) in [6, 6.07) is 1.80. The highest BCUT2D eigenvalue weighted by Crippen LogP contribution is 2.29. The molecule has 3 rings (SSSR count). The predicted octanol–water partition coefficient (Wildman–Crippen LogP) is 0.903. The minimum absolute atomic E-state index is 0.253. The smallest absolute Gasteiger partial charge is 0.349 e. The monoisotopic (exact) mass is 290 g/mol. The summed E-state index contributed by atoms with van der Waals surface area (Å²) in [5.41, 5.74) is 6.21. The van der Waals surface area contributed by atoms with E-state index in [9.17, 15) is 4.79 Å². The highest BCUT2D eigenvalue weighted by molar-refractivity contribution is 5.49. The molecular weight excluding hydrogens is 268 g/mol. The topological polar surface area (TPSA) is 101 Å². The molecule has 1 saturated carbocycles. The summed E-state index contributed by atoms with van der Waals surface area (Å²) in [5, 5.41) is 9.82. The molecule has 2 aromatic heterocycles. The summed E-state index contributed by atoms with van der Waals surface area (Å²) in [7, 11) is 0. The Kier molecular flexibility index (Phi) is 3.92. The zero-order valence-corrected chi connectivity index (χ0v) is 12.3. The predicted molar refractivity (Wildman–Crippen MR) is 81.3 cm³/mol. The Morgan fingerprint density at radius 2 is 2.19 bits per heavy atom.